The highest BCUT2D eigenvalue weighted by molar-refractivity contribution is 7.26. The van der Waals surface area contributed by atoms with E-state index in [0.29, 0.717) is 28.5 Å². The van der Waals surface area contributed by atoms with Gasteiger partial charge in [0, 0.05) is 5.56 Å². The number of fused-ring (bicyclic) bond motifs is 1. The zero-order chi connectivity index (χ0) is 24.9. The van der Waals surface area contributed by atoms with E-state index in [2.05, 4.69) is 10.3 Å². The van der Waals surface area contributed by atoms with E-state index < -0.39 is 18.0 Å². The third-order valence-corrected chi connectivity index (χ3v) is 7.59. The molecule has 0 saturated carbocycles. The van der Waals surface area contributed by atoms with Crippen molar-refractivity contribution >= 4 is 50.5 Å². The van der Waals surface area contributed by atoms with Crippen LogP contribution in [-0.2, 0) is 9.53 Å². The van der Waals surface area contributed by atoms with E-state index in [1.54, 1.807) is 59.9 Å². The van der Waals surface area contributed by atoms with Crippen LogP contribution in [0.2, 0.25) is 0 Å². The highest BCUT2D eigenvalue weighted by atomic mass is 32.1. The predicted molar refractivity (Wildman–Crippen MR) is 144 cm³/mol. The van der Waals surface area contributed by atoms with Crippen LogP contribution in [0.1, 0.15) is 28.3 Å². The summed E-state index contributed by atoms with van der Waals surface area (Å²) >= 11 is 2.86. The van der Waals surface area contributed by atoms with Crippen LogP contribution in [0.4, 0.5) is 5.69 Å². The van der Waals surface area contributed by atoms with Crippen LogP contribution in [0.15, 0.2) is 91.0 Å². The van der Waals surface area contributed by atoms with E-state index >= 15 is 0 Å². The molecule has 8 heteroatoms. The fourth-order valence-electron chi connectivity index (χ4n) is 3.66. The molecular formula is C28H22N2O4S2. The molecule has 1 atom stereocenters. The molecular weight excluding hydrogens is 492 g/mol. The van der Waals surface area contributed by atoms with Crippen molar-refractivity contribution in [3.05, 3.63) is 101 Å². The lowest BCUT2D eigenvalue weighted by Crippen LogP contribution is -2.26. The Morgan fingerprint density at radius 2 is 1.64 bits per heavy atom. The third kappa shape index (κ3) is 5.15. The van der Waals surface area contributed by atoms with Crippen LogP contribution >= 0.6 is 22.7 Å². The minimum Gasteiger partial charge on any atom is -0.492 e. The molecule has 1 N–H and O–H groups in total. The van der Waals surface area contributed by atoms with Gasteiger partial charge in [-0.25, -0.2) is 9.78 Å². The van der Waals surface area contributed by atoms with Crippen molar-refractivity contribution in [2.75, 3.05) is 11.9 Å². The number of aromatic nitrogens is 1. The van der Waals surface area contributed by atoms with E-state index in [1.165, 1.54) is 11.3 Å². The van der Waals surface area contributed by atoms with E-state index in [1.807, 2.05) is 49.4 Å². The van der Waals surface area contributed by atoms with Gasteiger partial charge in [-0.3, -0.25) is 4.79 Å². The number of hydrogen-bond donors (Lipinski definition) is 1. The Bertz CT molecular complexity index is 1480. The summed E-state index contributed by atoms with van der Waals surface area (Å²) in [5.74, 6) is -0.496. The minimum absolute atomic E-state index is 0.396. The van der Waals surface area contributed by atoms with Crippen LogP contribution in [0.25, 0.3) is 20.1 Å². The molecule has 3 aromatic carbocycles. The van der Waals surface area contributed by atoms with Gasteiger partial charge in [-0.05, 0) is 43.3 Å². The van der Waals surface area contributed by atoms with Crippen LogP contribution in [-0.4, -0.2) is 23.5 Å². The number of para-hydroxylation sites is 3. The summed E-state index contributed by atoms with van der Waals surface area (Å²) in [6.07, 6.45) is -1.14. The fourth-order valence-corrected chi connectivity index (χ4v) is 5.56. The van der Waals surface area contributed by atoms with Crippen molar-refractivity contribution in [2.45, 2.75) is 13.0 Å². The van der Waals surface area contributed by atoms with Crippen LogP contribution < -0.4 is 10.1 Å². The molecule has 0 aliphatic carbocycles. The van der Waals surface area contributed by atoms with Gasteiger partial charge in [-0.1, -0.05) is 54.6 Å². The molecule has 1 unspecified atom stereocenters. The first-order valence-corrected chi connectivity index (χ1v) is 13.0. The Balaban J connectivity index is 1.38. The molecule has 2 heterocycles. The maximum atomic E-state index is 13.3. The molecule has 0 spiro atoms. The van der Waals surface area contributed by atoms with Crippen molar-refractivity contribution < 1.29 is 19.1 Å². The van der Waals surface area contributed by atoms with Gasteiger partial charge in [0.05, 0.1) is 27.4 Å². The van der Waals surface area contributed by atoms with Gasteiger partial charge in [0.15, 0.2) is 0 Å². The zero-order valence-electron chi connectivity index (χ0n) is 19.3. The zero-order valence-corrected chi connectivity index (χ0v) is 21.0. The van der Waals surface area contributed by atoms with Crippen LogP contribution in [0, 0.1) is 0 Å². The average Bonchev–Trinajstić information content (AvgIpc) is 3.56. The van der Waals surface area contributed by atoms with Gasteiger partial charge >= 0.3 is 5.97 Å². The summed E-state index contributed by atoms with van der Waals surface area (Å²) in [4.78, 5) is 32.4. The molecule has 5 rings (SSSR count). The number of ether oxygens (including phenoxy) is 2. The quantitative estimate of drug-likeness (QED) is 0.227. The summed E-state index contributed by atoms with van der Waals surface area (Å²) in [6.45, 7) is 2.33. The summed E-state index contributed by atoms with van der Waals surface area (Å²) in [5, 5.41) is 3.69. The molecule has 0 aliphatic rings. The first kappa shape index (κ1) is 23.7. The lowest BCUT2D eigenvalue weighted by atomic mass is 10.1. The van der Waals surface area contributed by atoms with Gasteiger partial charge in [0.2, 0.25) is 6.10 Å². The number of esters is 1. The van der Waals surface area contributed by atoms with Gasteiger partial charge in [-0.2, -0.15) is 0 Å². The molecule has 2 aromatic heterocycles. The van der Waals surface area contributed by atoms with E-state index in [4.69, 9.17) is 9.47 Å². The number of carbonyl (C=O) groups is 2. The normalized spacial score (nSPS) is 11.7. The highest BCUT2D eigenvalue weighted by Crippen LogP contribution is 2.35. The van der Waals surface area contributed by atoms with Crippen molar-refractivity contribution in [1.29, 1.82) is 0 Å². The number of benzene rings is 3. The molecule has 0 aliphatic heterocycles. The average molecular weight is 515 g/mol. The fraction of sp³-hybridized carbons (Fsp3) is 0.107. The number of nitrogens with zero attached hydrogens (tertiary/aromatic N) is 1. The van der Waals surface area contributed by atoms with Crippen molar-refractivity contribution in [3.63, 3.8) is 0 Å². The second-order valence-electron chi connectivity index (χ2n) is 7.77. The summed E-state index contributed by atoms with van der Waals surface area (Å²) < 4.78 is 12.5. The van der Waals surface area contributed by atoms with Gasteiger partial charge in [0.1, 0.15) is 15.6 Å². The molecule has 1 amide bonds. The Morgan fingerprint density at radius 3 is 2.44 bits per heavy atom. The van der Waals surface area contributed by atoms with E-state index in [9.17, 15) is 9.59 Å². The van der Waals surface area contributed by atoms with Crippen molar-refractivity contribution in [3.8, 4) is 15.6 Å². The van der Waals surface area contributed by atoms with Crippen LogP contribution in [0.3, 0.4) is 0 Å². The summed E-state index contributed by atoms with van der Waals surface area (Å²) in [7, 11) is 0. The molecule has 5 aromatic rings. The Hall–Kier alpha value is -4.01. The van der Waals surface area contributed by atoms with Crippen molar-refractivity contribution in [1.82, 2.24) is 4.98 Å². The molecule has 0 fully saturated rings. The first-order valence-electron chi connectivity index (χ1n) is 11.4. The molecule has 0 radical (unpaired) electrons. The number of thiophene rings is 1. The molecule has 180 valence electrons. The van der Waals surface area contributed by atoms with Gasteiger partial charge in [-0.15, -0.1) is 22.7 Å². The Morgan fingerprint density at radius 1 is 0.889 bits per heavy atom. The maximum Gasteiger partial charge on any atom is 0.349 e. The number of anilines is 1. The number of hydrogen-bond acceptors (Lipinski definition) is 7. The molecule has 0 bridgehead atoms. The number of rotatable bonds is 8. The van der Waals surface area contributed by atoms with Gasteiger partial charge in [0.25, 0.3) is 5.91 Å². The van der Waals surface area contributed by atoms with E-state index in [0.717, 1.165) is 20.1 Å². The smallest absolute Gasteiger partial charge is 0.349 e. The Kier molecular flexibility index (Phi) is 7.06. The molecule has 0 saturated heterocycles. The molecule has 6 nitrogen and oxygen atoms in total. The second-order valence-corrected chi connectivity index (χ2v) is 9.88. The lowest BCUT2D eigenvalue weighted by molar-refractivity contribution is -0.125. The SMILES string of the molecule is CCOc1ccccc1NC(=O)C(OC(=O)c1ccc(-c2nc3ccccc3s2)s1)c1ccccc1. The largest absolute Gasteiger partial charge is 0.492 e. The maximum absolute atomic E-state index is 13.3. The monoisotopic (exact) mass is 514 g/mol. The van der Waals surface area contributed by atoms with Gasteiger partial charge < -0.3 is 14.8 Å². The first-order chi connectivity index (χ1) is 17.6. The highest BCUT2D eigenvalue weighted by Gasteiger charge is 2.27. The summed E-state index contributed by atoms with van der Waals surface area (Å²) in [6, 6.07) is 27.6. The predicted octanol–water partition coefficient (Wildman–Crippen LogP) is 6.96. The lowest BCUT2D eigenvalue weighted by Gasteiger charge is -2.19. The second kappa shape index (κ2) is 10.7. The number of carbonyl (C=O) groups excluding carboxylic acids is 2. The van der Waals surface area contributed by atoms with Crippen molar-refractivity contribution in [2.24, 2.45) is 0 Å². The standard InChI is InChI=1S/C28H22N2O4S2/c1-2-33-21-14-8-6-12-19(21)29-26(31)25(18-10-4-3-5-11-18)34-28(32)24-17-16-23(35-24)27-30-20-13-7-9-15-22(20)36-27/h3-17,25H,2H2,1H3,(H,29,31). The minimum atomic E-state index is -1.14. The Labute approximate surface area is 216 Å². The van der Waals surface area contributed by atoms with Crippen LogP contribution in [0.5, 0.6) is 5.75 Å². The number of thiazole rings is 1. The number of amides is 1. The number of nitrogens with one attached hydrogen (secondary N) is 1. The topological polar surface area (TPSA) is 77.5 Å². The van der Waals surface area contributed by atoms with E-state index in [-0.39, 0.29) is 0 Å². The third-order valence-electron chi connectivity index (χ3n) is 5.32. The summed E-state index contributed by atoms with van der Waals surface area (Å²) in [5.41, 5.74) is 2.00. The molecule has 36 heavy (non-hydrogen) atoms.